The van der Waals surface area contributed by atoms with E-state index < -0.39 is 4.33 Å². The molecule has 0 aliphatic heterocycles. The fraction of sp³-hybridized carbons (Fsp3) is 0.889. The summed E-state index contributed by atoms with van der Waals surface area (Å²) < 4.78 is -0.567. The Hall–Kier alpha value is 0.0500. The van der Waals surface area contributed by atoms with Gasteiger partial charge in [-0.05, 0) is 18.8 Å². The minimum absolute atomic E-state index is 0.170. The third-order valence-corrected chi connectivity index (χ3v) is 3.85. The molecule has 0 bridgehead atoms. The van der Waals surface area contributed by atoms with Gasteiger partial charge in [-0.3, -0.25) is 4.79 Å². The fourth-order valence-corrected chi connectivity index (χ4v) is 2.06. The standard InChI is InChI=1S/C9H13Cl2NO/c1-5-2-7(5)8(13)12-4-6-3-9(6,10)11/h5-7H,2-4H2,1H3,(H,12,13)/t5-,6?,7-/m0/s1. The summed E-state index contributed by atoms with van der Waals surface area (Å²) in [5.41, 5.74) is 0. The zero-order valence-electron chi connectivity index (χ0n) is 7.52. The zero-order chi connectivity index (χ0) is 9.64. The number of hydrogen-bond donors (Lipinski definition) is 1. The molecule has 3 atom stereocenters. The highest BCUT2D eigenvalue weighted by molar-refractivity contribution is 6.50. The maximum atomic E-state index is 11.4. The summed E-state index contributed by atoms with van der Waals surface area (Å²) >= 11 is 11.7. The van der Waals surface area contributed by atoms with Gasteiger partial charge in [0.1, 0.15) is 4.33 Å². The molecule has 0 heterocycles. The topological polar surface area (TPSA) is 29.1 Å². The average molecular weight is 222 g/mol. The monoisotopic (exact) mass is 221 g/mol. The molecular formula is C9H13Cl2NO. The predicted octanol–water partition coefficient (Wildman–Crippen LogP) is 1.95. The quantitative estimate of drug-likeness (QED) is 0.726. The second kappa shape index (κ2) is 3.03. The number of carbonyl (C=O) groups is 1. The molecule has 2 nitrogen and oxygen atoms in total. The Morgan fingerprint density at radius 1 is 1.62 bits per heavy atom. The third-order valence-electron chi connectivity index (χ3n) is 2.92. The highest BCUT2D eigenvalue weighted by Gasteiger charge is 2.51. The second-order valence-electron chi connectivity index (χ2n) is 4.23. The molecule has 0 spiro atoms. The maximum absolute atomic E-state index is 11.4. The summed E-state index contributed by atoms with van der Waals surface area (Å²) in [4.78, 5) is 11.4. The maximum Gasteiger partial charge on any atom is 0.223 e. The lowest BCUT2D eigenvalue weighted by molar-refractivity contribution is -0.122. The molecule has 2 rings (SSSR count). The number of hydrogen-bond acceptors (Lipinski definition) is 1. The third kappa shape index (κ3) is 2.10. The first-order chi connectivity index (χ1) is 6.00. The van der Waals surface area contributed by atoms with Crippen LogP contribution in [0.3, 0.4) is 0 Å². The summed E-state index contributed by atoms with van der Waals surface area (Å²) in [6.07, 6.45) is 1.83. The van der Waals surface area contributed by atoms with Crippen molar-refractivity contribution >= 4 is 29.1 Å². The molecule has 1 N–H and O–H groups in total. The van der Waals surface area contributed by atoms with E-state index in [1.165, 1.54) is 0 Å². The molecule has 1 unspecified atom stereocenters. The van der Waals surface area contributed by atoms with Crippen molar-refractivity contribution in [2.24, 2.45) is 17.8 Å². The summed E-state index contributed by atoms with van der Waals surface area (Å²) in [7, 11) is 0. The van der Waals surface area contributed by atoms with Gasteiger partial charge in [0, 0.05) is 18.4 Å². The molecule has 13 heavy (non-hydrogen) atoms. The number of nitrogens with one attached hydrogen (secondary N) is 1. The molecule has 0 aromatic rings. The van der Waals surface area contributed by atoms with Crippen LogP contribution < -0.4 is 5.32 Å². The van der Waals surface area contributed by atoms with Crippen LogP contribution in [0.15, 0.2) is 0 Å². The molecule has 0 saturated heterocycles. The SMILES string of the molecule is C[C@H]1C[C@@H]1C(=O)NCC1CC1(Cl)Cl. The van der Waals surface area contributed by atoms with Gasteiger partial charge in [-0.15, -0.1) is 23.2 Å². The first-order valence-electron chi connectivity index (χ1n) is 4.66. The Morgan fingerprint density at radius 2 is 2.15 bits per heavy atom. The summed E-state index contributed by atoms with van der Waals surface area (Å²) in [6, 6.07) is 0. The van der Waals surface area contributed by atoms with Gasteiger partial charge in [0.15, 0.2) is 0 Å². The molecule has 2 aliphatic rings. The summed E-state index contributed by atoms with van der Waals surface area (Å²) in [5, 5.41) is 2.88. The van der Waals surface area contributed by atoms with Crippen molar-refractivity contribution in [2.75, 3.05) is 6.54 Å². The molecule has 0 radical (unpaired) electrons. The van der Waals surface area contributed by atoms with E-state index in [1.54, 1.807) is 0 Å². The largest absolute Gasteiger partial charge is 0.355 e. The van der Waals surface area contributed by atoms with Crippen molar-refractivity contribution in [3.05, 3.63) is 0 Å². The normalized spacial score (nSPS) is 39.8. The average Bonchev–Trinajstić information content (AvgIpc) is 2.87. The van der Waals surface area contributed by atoms with Gasteiger partial charge in [0.25, 0.3) is 0 Å². The zero-order valence-corrected chi connectivity index (χ0v) is 9.03. The van der Waals surface area contributed by atoms with Crippen molar-refractivity contribution in [3.8, 4) is 0 Å². The number of carbonyl (C=O) groups excluding carboxylic acids is 1. The molecule has 2 aliphatic carbocycles. The van der Waals surface area contributed by atoms with E-state index in [9.17, 15) is 4.79 Å². The fourth-order valence-electron chi connectivity index (χ4n) is 1.53. The smallest absolute Gasteiger partial charge is 0.223 e. The molecular weight excluding hydrogens is 209 g/mol. The number of amides is 1. The molecule has 2 fully saturated rings. The number of alkyl halides is 2. The van der Waals surface area contributed by atoms with Gasteiger partial charge >= 0.3 is 0 Å². The van der Waals surface area contributed by atoms with Gasteiger partial charge in [0.05, 0.1) is 0 Å². The highest BCUT2D eigenvalue weighted by Crippen LogP contribution is 2.52. The van der Waals surface area contributed by atoms with Crippen LogP contribution in [-0.2, 0) is 4.79 Å². The van der Waals surface area contributed by atoms with Crippen molar-refractivity contribution in [3.63, 3.8) is 0 Å². The van der Waals surface area contributed by atoms with E-state index in [4.69, 9.17) is 23.2 Å². The Kier molecular flexibility index (Phi) is 2.23. The minimum Gasteiger partial charge on any atom is -0.355 e. The minimum atomic E-state index is -0.567. The van der Waals surface area contributed by atoms with Gasteiger partial charge in [-0.1, -0.05) is 6.92 Å². The Labute approximate surface area is 88.0 Å². The molecule has 4 heteroatoms. The molecule has 0 aromatic carbocycles. The van der Waals surface area contributed by atoms with Crippen LogP contribution in [0, 0.1) is 17.8 Å². The van der Waals surface area contributed by atoms with E-state index in [2.05, 4.69) is 12.2 Å². The van der Waals surface area contributed by atoms with Crippen molar-refractivity contribution in [1.82, 2.24) is 5.32 Å². The Balaban J connectivity index is 1.66. The highest BCUT2D eigenvalue weighted by atomic mass is 35.5. The van der Waals surface area contributed by atoms with E-state index in [-0.39, 0.29) is 17.7 Å². The Morgan fingerprint density at radius 3 is 2.54 bits per heavy atom. The van der Waals surface area contributed by atoms with Crippen LogP contribution in [0.2, 0.25) is 0 Å². The van der Waals surface area contributed by atoms with Crippen LogP contribution in [0.1, 0.15) is 19.8 Å². The van der Waals surface area contributed by atoms with Crippen LogP contribution in [0.5, 0.6) is 0 Å². The molecule has 1 amide bonds. The van der Waals surface area contributed by atoms with Crippen molar-refractivity contribution in [2.45, 2.75) is 24.1 Å². The van der Waals surface area contributed by atoms with Crippen molar-refractivity contribution < 1.29 is 4.79 Å². The van der Waals surface area contributed by atoms with Gasteiger partial charge in [-0.2, -0.15) is 0 Å². The molecule has 74 valence electrons. The number of rotatable bonds is 3. The van der Waals surface area contributed by atoms with Gasteiger partial charge in [-0.25, -0.2) is 0 Å². The number of halogens is 2. The lowest BCUT2D eigenvalue weighted by Crippen LogP contribution is -2.28. The molecule has 2 saturated carbocycles. The van der Waals surface area contributed by atoms with Crippen LogP contribution in [0.25, 0.3) is 0 Å². The summed E-state index contributed by atoms with van der Waals surface area (Å²) in [5.74, 6) is 1.24. The van der Waals surface area contributed by atoms with Crippen LogP contribution in [-0.4, -0.2) is 16.8 Å². The predicted molar refractivity (Wildman–Crippen MR) is 52.8 cm³/mol. The van der Waals surface area contributed by atoms with Crippen LogP contribution >= 0.6 is 23.2 Å². The van der Waals surface area contributed by atoms with Gasteiger partial charge < -0.3 is 5.32 Å². The van der Waals surface area contributed by atoms with Crippen molar-refractivity contribution in [1.29, 1.82) is 0 Å². The summed E-state index contributed by atoms with van der Waals surface area (Å²) in [6.45, 7) is 2.73. The van der Waals surface area contributed by atoms with E-state index >= 15 is 0 Å². The Bertz CT molecular complexity index is 242. The lowest BCUT2D eigenvalue weighted by atomic mass is 10.3. The second-order valence-corrected chi connectivity index (χ2v) is 5.77. The first-order valence-corrected chi connectivity index (χ1v) is 5.42. The first kappa shape index (κ1) is 9.60. The molecule has 0 aromatic heterocycles. The van der Waals surface area contributed by atoms with Crippen LogP contribution in [0.4, 0.5) is 0 Å². The van der Waals surface area contributed by atoms with E-state index in [0.717, 1.165) is 12.8 Å². The lowest BCUT2D eigenvalue weighted by Gasteiger charge is -2.03. The van der Waals surface area contributed by atoms with Gasteiger partial charge in [0.2, 0.25) is 5.91 Å². The van der Waals surface area contributed by atoms with E-state index in [0.29, 0.717) is 12.5 Å². The van der Waals surface area contributed by atoms with E-state index in [1.807, 2.05) is 0 Å².